The van der Waals surface area contributed by atoms with Gasteiger partial charge in [-0.2, -0.15) is 0 Å². The molecule has 1 aliphatic rings. The first-order valence-electron chi connectivity index (χ1n) is 9.72. The summed E-state index contributed by atoms with van der Waals surface area (Å²) in [7, 11) is 0. The number of likely N-dealkylation sites (tertiary alicyclic amines) is 1. The van der Waals surface area contributed by atoms with Gasteiger partial charge in [0.15, 0.2) is 0 Å². The van der Waals surface area contributed by atoms with Crippen LogP contribution in [0.3, 0.4) is 0 Å². The Labute approximate surface area is 159 Å². The predicted molar refractivity (Wildman–Crippen MR) is 106 cm³/mol. The molecular formula is C22H25N3O2. The number of rotatable bonds is 6. The molecular weight excluding hydrogens is 338 g/mol. The lowest BCUT2D eigenvalue weighted by molar-refractivity contribution is 0.0730. The summed E-state index contributed by atoms with van der Waals surface area (Å²) in [5, 5.41) is 1.03. The van der Waals surface area contributed by atoms with Crippen LogP contribution in [0, 0.1) is 0 Å². The Morgan fingerprint density at radius 2 is 2.11 bits per heavy atom. The van der Waals surface area contributed by atoms with Crippen molar-refractivity contribution in [3.63, 3.8) is 0 Å². The molecule has 5 heteroatoms. The zero-order valence-corrected chi connectivity index (χ0v) is 15.6. The standard InChI is InChI=1S/C22H25N3O2/c1-2-3-13-27-18-7-6-17-14-20(24-19(17)15-18)22(26)25-12-4-5-21(25)16-8-10-23-11-9-16/h6-11,14-15,21,24H,2-5,12-13H2,1H3/t21-/m1/s1. The molecule has 5 nitrogen and oxygen atoms in total. The molecule has 3 aromatic rings. The maximum absolute atomic E-state index is 13.1. The maximum atomic E-state index is 13.1. The molecule has 4 rings (SSSR count). The molecule has 2 aromatic heterocycles. The van der Waals surface area contributed by atoms with Crippen molar-refractivity contribution in [3.8, 4) is 5.75 Å². The molecule has 140 valence electrons. The Morgan fingerprint density at radius 3 is 2.93 bits per heavy atom. The van der Waals surface area contributed by atoms with Crippen LogP contribution in [0.25, 0.3) is 10.9 Å². The summed E-state index contributed by atoms with van der Waals surface area (Å²) in [4.78, 5) is 22.5. The highest BCUT2D eigenvalue weighted by Gasteiger charge is 2.31. The van der Waals surface area contributed by atoms with E-state index in [-0.39, 0.29) is 11.9 Å². The number of carbonyl (C=O) groups excluding carboxylic acids is 1. The second kappa shape index (κ2) is 7.82. The van der Waals surface area contributed by atoms with Crippen molar-refractivity contribution in [2.45, 2.75) is 38.6 Å². The van der Waals surface area contributed by atoms with E-state index in [1.165, 1.54) is 0 Å². The van der Waals surface area contributed by atoms with Crippen LogP contribution in [0.2, 0.25) is 0 Å². The average molecular weight is 363 g/mol. The van der Waals surface area contributed by atoms with Gasteiger partial charge >= 0.3 is 0 Å². The highest BCUT2D eigenvalue weighted by atomic mass is 16.5. The number of fused-ring (bicyclic) bond motifs is 1. The number of aromatic amines is 1. The lowest BCUT2D eigenvalue weighted by Crippen LogP contribution is -2.30. The summed E-state index contributed by atoms with van der Waals surface area (Å²) in [5.41, 5.74) is 2.72. The van der Waals surface area contributed by atoms with Crippen LogP contribution in [-0.2, 0) is 0 Å². The number of H-pyrrole nitrogens is 1. The maximum Gasteiger partial charge on any atom is 0.270 e. The first-order valence-corrected chi connectivity index (χ1v) is 9.72. The van der Waals surface area contributed by atoms with Crippen molar-refractivity contribution in [2.75, 3.05) is 13.2 Å². The number of hydrogen-bond donors (Lipinski definition) is 1. The molecule has 0 aliphatic carbocycles. The van der Waals surface area contributed by atoms with Gasteiger partial charge in [-0.25, -0.2) is 0 Å². The van der Waals surface area contributed by atoms with Gasteiger partial charge in [0.2, 0.25) is 0 Å². The molecule has 1 aromatic carbocycles. The summed E-state index contributed by atoms with van der Waals surface area (Å²) < 4.78 is 5.78. The van der Waals surface area contributed by atoms with E-state index in [1.54, 1.807) is 12.4 Å². The molecule has 0 radical (unpaired) electrons. The average Bonchev–Trinajstić information content (AvgIpc) is 3.35. The monoisotopic (exact) mass is 363 g/mol. The Kier molecular flexibility index (Phi) is 5.10. The smallest absolute Gasteiger partial charge is 0.270 e. The van der Waals surface area contributed by atoms with Crippen LogP contribution in [0.4, 0.5) is 0 Å². The molecule has 0 saturated carbocycles. The highest BCUT2D eigenvalue weighted by Crippen LogP contribution is 2.33. The van der Waals surface area contributed by atoms with Crippen molar-refractivity contribution in [3.05, 3.63) is 60.0 Å². The van der Waals surface area contributed by atoms with Crippen molar-refractivity contribution < 1.29 is 9.53 Å². The Hall–Kier alpha value is -2.82. The zero-order chi connectivity index (χ0) is 18.6. The van der Waals surface area contributed by atoms with E-state index >= 15 is 0 Å². The van der Waals surface area contributed by atoms with Crippen molar-refractivity contribution in [1.29, 1.82) is 0 Å². The number of benzene rings is 1. The van der Waals surface area contributed by atoms with E-state index in [0.717, 1.165) is 61.1 Å². The first kappa shape index (κ1) is 17.6. The van der Waals surface area contributed by atoms with Crippen LogP contribution in [0.15, 0.2) is 48.8 Å². The molecule has 3 heterocycles. The number of nitrogens with one attached hydrogen (secondary N) is 1. The van der Waals surface area contributed by atoms with Gasteiger partial charge in [0.1, 0.15) is 11.4 Å². The molecule has 27 heavy (non-hydrogen) atoms. The van der Waals surface area contributed by atoms with Crippen molar-refractivity contribution in [1.82, 2.24) is 14.9 Å². The second-order valence-corrected chi connectivity index (χ2v) is 7.07. The van der Waals surface area contributed by atoms with Crippen LogP contribution < -0.4 is 4.74 Å². The van der Waals surface area contributed by atoms with Gasteiger partial charge in [-0.3, -0.25) is 9.78 Å². The van der Waals surface area contributed by atoms with Gasteiger partial charge in [0, 0.05) is 35.9 Å². The lowest BCUT2D eigenvalue weighted by Gasteiger charge is -2.24. The lowest BCUT2D eigenvalue weighted by atomic mass is 10.1. The van der Waals surface area contributed by atoms with Gasteiger partial charge in [-0.05, 0) is 55.2 Å². The van der Waals surface area contributed by atoms with Crippen LogP contribution in [0.1, 0.15) is 54.7 Å². The Morgan fingerprint density at radius 1 is 1.26 bits per heavy atom. The Balaban J connectivity index is 1.55. The highest BCUT2D eigenvalue weighted by molar-refractivity contribution is 5.98. The number of hydrogen-bond acceptors (Lipinski definition) is 3. The molecule has 1 aliphatic heterocycles. The number of carbonyl (C=O) groups is 1. The van der Waals surface area contributed by atoms with Crippen LogP contribution >= 0.6 is 0 Å². The molecule has 1 N–H and O–H groups in total. The van der Waals surface area contributed by atoms with Crippen LogP contribution in [-0.4, -0.2) is 33.9 Å². The van der Waals surface area contributed by atoms with E-state index < -0.39 is 0 Å². The van der Waals surface area contributed by atoms with E-state index in [0.29, 0.717) is 5.69 Å². The third kappa shape index (κ3) is 3.68. The fraction of sp³-hybridized carbons (Fsp3) is 0.364. The zero-order valence-electron chi connectivity index (χ0n) is 15.6. The number of aromatic nitrogens is 2. The SMILES string of the molecule is CCCCOc1ccc2cc(C(=O)N3CCC[C@@H]3c3ccncc3)[nH]c2c1. The van der Waals surface area contributed by atoms with E-state index in [4.69, 9.17) is 4.74 Å². The molecule has 1 saturated heterocycles. The summed E-state index contributed by atoms with van der Waals surface area (Å²) in [6.45, 7) is 3.65. The molecule has 1 atom stereocenters. The number of nitrogens with zero attached hydrogens (tertiary/aromatic N) is 2. The summed E-state index contributed by atoms with van der Waals surface area (Å²) in [6, 6.07) is 12.0. The Bertz CT molecular complexity index is 920. The summed E-state index contributed by atoms with van der Waals surface area (Å²) in [6.07, 6.45) is 7.74. The number of pyridine rings is 1. The molecule has 1 fully saturated rings. The first-order chi connectivity index (χ1) is 13.3. The molecule has 0 spiro atoms. The van der Waals surface area contributed by atoms with Gasteiger partial charge in [0.05, 0.1) is 12.6 Å². The number of unbranched alkanes of at least 4 members (excludes halogenated alkanes) is 1. The third-order valence-electron chi connectivity index (χ3n) is 5.20. The topological polar surface area (TPSA) is 58.2 Å². The molecule has 0 unspecified atom stereocenters. The number of ether oxygens (including phenoxy) is 1. The molecule has 0 bridgehead atoms. The van der Waals surface area contributed by atoms with E-state index in [2.05, 4.69) is 16.9 Å². The van der Waals surface area contributed by atoms with Gasteiger partial charge < -0.3 is 14.6 Å². The van der Waals surface area contributed by atoms with Crippen LogP contribution in [0.5, 0.6) is 5.75 Å². The quantitative estimate of drug-likeness (QED) is 0.645. The minimum Gasteiger partial charge on any atom is -0.494 e. The summed E-state index contributed by atoms with van der Waals surface area (Å²) >= 11 is 0. The fourth-order valence-electron chi connectivity index (χ4n) is 3.74. The minimum absolute atomic E-state index is 0.0546. The van der Waals surface area contributed by atoms with Gasteiger partial charge in [-0.15, -0.1) is 0 Å². The van der Waals surface area contributed by atoms with E-state index in [1.807, 2.05) is 41.3 Å². The van der Waals surface area contributed by atoms with E-state index in [9.17, 15) is 4.79 Å². The number of amides is 1. The summed E-state index contributed by atoms with van der Waals surface area (Å²) in [5.74, 6) is 0.895. The third-order valence-corrected chi connectivity index (χ3v) is 5.20. The minimum atomic E-state index is 0.0546. The van der Waals surface area contributed by atoms with Crippen molar-refractivity contribution >= 4 is 16.8 Å². The predicted octanol–water partition coefficient (Wildman–Crippen LogP) is 4.72. The molecule has 1 amide bonds. The normalized spacial score (nSPS) is 16.8. The van der Waals surface area contributed by atoms with Gasteiger partial charge in [-0.1, -0.05) is 13.3 Å². The largest absolute Gasteiger partial charge is 0.494 e. The second-order valence-electron chi connectivity index (χ2n) is 7.07. The fourth-order valence-corrected chi connectivity index (χ4v) is 3.74. The van der Waals surface area contributed by atoms with Gasteiger partial charge in [0.25, 0.3) is 5.91 Å². The van der Waals surface area contributed by atoms with Crippen molar-refractivity contribution in [2.24, 2.45) is 0 Å².